The normalized spacial score (nSPS) is 17.8. The monoisotopic (exact) mass is 544 g/mol. The molecule has 0 aromatic heterocycles. The summed E-state index contributed by atoms with van der Waals surface area (Å²) in [5.74, 6) is 0. The molecule has 2 aromatic carbocycles. The van der Waals surface area contributed by atoms with Crippen LogP contribution in [-0.4, -0.2) is 102 Å². The number of nitrogens with one attached hydrogen (secondary N) is 2. The van der Waals surface area contributed by atoms with Crippen LogP contribution in [0.15, 0.2) is 45.4 Å². The van der Waals surface area contributed by atoms with Crippen molar-refractivity contribution < 1.29 is 0 Å². The van der Waals surface area contributed by atoms with Gasteiger partial charge in [-0.25, -0.2) is 9.03 Å². The first-order chi connectivity index (χ1) is 15.8. The fourth-order valence-corrected chi connectivity index (χ4v) is 14.2. The lowest BCUT2D eigenvalue weighted by atomic mass is 10.1. The average Bonchev–Trinajstić information content (AvgIpc) is 2.79. The molecule has 192 valence electrons. The molecule has 2 N–H and O–H groups in total. The third-order valence-corrected chi connectivity index (χ3v) is 18.2. The highest BCUT2D eigenvalue weighted by molar-refractivity contribution is 7.78. The molecule has 34 heavy (non-hydrogen) atoms. The number of nitrogens with zero attached hydrogens (tertiary/aromatic N) is 6. The zero-order valence-electron chi connectivity index (χ0n) is 22.9. The molecule has 2 aromatic rings. The van der Waals surface area contributed by atoms with Crippen LogP contribution in [0.25, 0.3) is 10.8 Å². The molecule has 0 bridgehead atoms. The van der Waals surface area contributed by atoms with Crippen LogP contribution in [-0.2, 0) is 0 Å². The maximum atomic E-state index is 5.49. The van der Waals surface area contributed by atoms with Crippen molar-refractivity contribution in [2.24, 2.45) is 9.03 Å². The highest BCUT2D eigenvalue weighted by atomic mass is 31.2. The lowest BCUT2D eigenvalue weighted by Crippen LogP contribution is -2.26. The molecule has 0 fully saturated rings. The summed E-state index contributed by atoms with van der Waals surface area (Å²) < 4.78 is 20.0. The summed E-state index contributed by atoms with van der Waals surface area (Å²) in [4.78, 5) is 0. The first-order valence-corrected chi connectivity index (χ1v) is 18.0. The predicted octanol–water partition coefficient (Wildman–Crippen LogP) is 4.72. The first-order valence-electron chi connectivity index (χ1n) is 11.2. The maximum absolute atomic E-state index is 5.49. The molecule has 8 nitrogen and oxygen atoms in total. The molecular formula is C22H44N8P4. The fourth-order valence-electron chi connectivity index (χ4n) is 3.67. The second-order valence-corrected chi connectivity index (χ2v) is 20.4. The van der Waals surface area contributed by atoms with E-state index in [0.717, 1.165) is 0 Å². The molecule has 0 aliphatic carbocycles. The van der Waals surface area contributed by atoms with Gasteiger partial charge in [0.15, 0.2) is 16.7 Å². The van der Waals surface area contributed by atoms with Crippen molar-refractivity contribution in [3.05, 3.63) is 36.4 Å². The molecule has 0 spiro atoms. The van der Waals surface area contributed by atoms with E-state index in [4.69, 9.17) is 9.03 Å². The van der Waals surface area contributed by atoms with Crippen LogP contribution in [0.2, 0.25) is 0 Å². The van der Waals surface area contributed by atoms with Gasteiger partial charge in [0.25, 0.3) is 0 Å². The molecule has 12 heteroatoms. The van der Waals surface area contributed by atoms with E-state index in [-0.39, 0.29) is 0 Å². The van der Waals surface area contributed by atoms with E-state index in [9.17, 15) is 0 Å². The molecule has 4 unspecified atom stereocenters. The van der Waals surface area contributed by atoms with Crippen molar-refractivity contribution in [1.29, 1.82) is 0 Å². The van der Waals surface area contributed by atoms with E-state index < -0.39 is 31.2 Å². The van der Waals surface area contributed by atoms with Crippen molar-refractivity contribution in [3.8, 4) is 0 Å². The van der Waals surface area contributed by atoms with E-state index in [1.807, 2.05) is 14.1 Å². The van der Waals surface area contributed by atoms with Gasteiger partial charge in [-0.05, 0) is 89.2 Å². The van der Waals surface area contributed by atoms with Gasteiger partial charge in [-0.3, -0.25) is 28.9 Å². The Morgan fingerprint density at radius 1 is 0.647 bits per heavy atom. The van der Waals surface area contributed by atoms with E-state index in [1.54, 1.807) is 0 Å². The van der Waals surface area contributed by atoms with Gasteiger partial charge in [0.05, 0.1) is 14.4 Å². The Kier molecular flexibility index (Phi) is 10.9. The fraction of sp³-hybridized carbons (Fsp3) is 0.545. The number of rotatable bonds is 10. The molecule has 0 radical (unpaired) electrons. The van der Waals surface area contributed by atoms with E-state index in [0.29, 0.717) is 0 Å². The van der Waals surface area contributed by atoms with Crippen LogP contribution in [0, 0.1) is 0 Å². The Morgan fingerprint density at radius 2 is 1.00 bits per heavy atom. The van der Waals surface area contributed by atoms with Crippen molar-refractivity contribution >= 4 is 52.5 Å². The van der Waals surface area contributed by atoms with Crippen LogP contribution in [0.5, 0.6) is 0 Å². The molecule has 0 saturated heterocycles. The van der Waals surface area contributed by atoms with Crippen LogP contribution in [0.4, 0.5) is 0 Å². The number of hydrogen-bond donors (Lipinski definition) is 2. The molecule has 0 heterocycles. The minimum Gasteiger partial charge on any atom is -0.272 e. The molecular weight excluding hydrogens is 500 g/mol. The second-order valence-electron chi connectivity index (χ2n) is 9.07. The summed E-state index contributed by atoms with van der Waals surface area (Å²) in [6.45, 7) is 4.66. The molecule has 0 aliphatic heterocycles. The Labute approximate surface area is 210 Å². The summed E-state index contributed by atoms with van der Waals surface area (Å²) in [5, 5.41) is 12.1. The largest absolute Gasteiger partial charge is 0.272 e. The van der Waals surface area contributed by atoms with Crippen LogP contribution < -0.4 is 20.8 Å². The van der Waals surface area contributed by atoms with E-state index >= 15 is 0 Å². The lowest BCUT2D eigenvalue weighted by molar-refractivity contribution is 0.661. The summed E-state index contributed by atoms with van der Waals surface area (Å²) in [6, 6.07) is 13.4. The second kappa shape index (κ2) is 12.3. The van der Waals surface area contributed by atoms with Crippen molar-refractivity contribution in [2.75, 3.05) is 83.8 Å². The Balaban J connectivity index is 3.05. The number of benzene rings is 2. The minimum absolute atomic E-state index is 0.814. The van der Waals surface area contributed by atoms with Gasteiger partial charge >= 0.3 is 0 Å². The van der Waals surface area contributed by atoms with Crippen molar-refractivity contribution in [3.63, 3.8) is 0 Å². The summed E-state index contributed by atoms with van der Waals surface area (Å²) in [6.07, 6.45) is 0. The summed E-state index contributed by atoms with van der Waals surface area (Å²) >= 11 is 0. The Morgan fingerprint density at radius 3 is 1.26 bits per heavy atom. The Bertz CT molecular complexity index is 1000. The number of fused-ring (bicyclic) bond motifs is 1. The quantitative estimate of drug-likeness (QED) is 0.422. The van der Waals surface area contributed by atoms with Crippen molar-refractivity contribution in [2.45, 2.75) is 0 Å². The smallest absolute Gasteiger partial charge is 0.165 e. The predicted molar refractivity (Wildman–Crippen MR) is 160 cm³/mol. The highest BCUT2D eigenvalue weighted by Gasteiger charge is 2.30. The van der Waals surface area contributed by atoms with Gasteiger partial charge in [-0.15, -0.1) is 0 Å². The zero-order chi connectivity index (χ0) is 25.8. The third kappa shape index (κ3) is 6.18. The standard InChI is InChI=1S/C22H44N8P4/c1-23-31(27(3)4)25-33(11,29(7)8)20-17-13-15-19-16-14-18-21(22(19)20)34(12,30(9)10)26-32(24-2)28(5)6/h13-18,23-24H,1-12H3. The topological polar surface area (TPSA) is 61.7 Å². The van der Waals surface area contributed by atoms with Gasteiger partial charge in [-0.1, -0.05) is 36.4 Å². The Hall–Kier alpha value is -0.220. The van der Waals surface area contributed by atoms with Crippen molar-refractivity contribution in [1.82, 2.24) is 28.9 Å². The SMILES string of the molecule is CNP(N=P(C)(c1cccc2cccc(P(C)(=NP(NC)N(C)C)N(C)C)c12)N(C)C)N(C)C. The molecule has 4 atom stereocenters. The van der Waals surface area contributed by atoms with Gasteiger partial charge in [0, 0.05) is 16.0 Å². The van der Waals surface area contributed by atoms with Gasteiger partial charge in [0.2, 0.25) is 0 Å². The summed E-state index contributed by atoms with van der Waals surface area (Å²) in [5.41, 5.74) is 0. The molecule has 0 amide bonds. The van der Waals surface area contributed by atoms with Gasteiger partial charge in [0.1, 0.15) is 0 Å². The maximum Gasteiger partial charge on any atom is 0.165 e. The molecule has 0 aliphatic rings. The summed E-state index contributed by atoms with van der Waals surface area (Å²) in [7, 11) is 15.3. The van der Waals surface area contributed by atoms with Gasteiger partial charge in [-0.2, -0.15) is 0 Å². The van der Waals surface area contributed by atoms with Crippen LogP contribution >= 0.6 is 31.2 Å². The van der Waals surface area contributed by atoms with Crippen LogP contribution in [0.3, 0.4) is 0 Å². The molecule has 2 rings (SSSR count). The zero-order valence-corrected chi connectivity index (χ0v) is 26.5. The molecule has 0 saturated carbocycles. The van der Waals surface area contributed by atoms with Gasteiger partial charge < -0.3 is 0 Å². The first kappa shape index (κ1) is 30.0. The lowest BCUT2D eigenvalue weighted by Gasteiger charge is -2.35. The minimum atomic E-state index is -2.03. The van der Waals surface area contributed by atoms with Crippen LogP contribution in [0.1, 0.15) is 0 Å². The third-order valence-electron chi connectivity index (χ3n) is 6.01. The number of hydrogen-bond acceptors (Lipinski definition) is 6. The average molecular weight is 545 g/mol. The van der Waals surface area contributed by atoms with E-state index in [2.05, 4.69) is 135 Å². The van der Waals surface area contributed by atoms with E-state index in [1.165, 1.54) is 21.4 Å². The highest BCUT2D eigenvalue weighted by Crippen LogP contribution is 2.59.